The highest BCUT2D eigenvalue weighted by Crippen LogP contribution is 2.19. The van der Waals surface area contributed by atoms with Crippen molar-refractivity contribution in [2.24, 2.45) is 0 Å². The molecule has 0 fully saturated rings. The van der Waals surface area contributed by atoms with Gasteiger partial charge < -0.3 is 9.84 Å². The van der Waals surface area contributed by atoms with Gasteiger partial charge in [0.2, 0.25) is 11.7 Å². The molecule has 1 aromatic heterocycles. The Bertz CT molecular complexity index is 1040. The molecule has 138 valence electrons. The lowest BCUT2D eigenvalue weighted by molar-refractivity contribution is 0.0953. The van der Waals surface area contributed by atoms with Crippen LogP contribution in [0.25, 0.3) is 22.5 Å². The SMILES string of the molecule is O=C(NCCc1nc(-c2ccccc2)no1)c1ccc(-c2ccccc2)cc1. The summed E-state index contributed by atoms with van der Waals surface area (Å²) in [6.45, 7) is 0.426. The third-order valence-electron chi connectivity index (χ3n) is 4.38. The molecule has 1 heterocycles. The summed E-state index contributed by atoms with van der Waals surface area (Å²) in [5.74, 6) is 0.930. The summed E-state index contributed by atoms with van der Waals surface area (Å²) in [7, 11) is 0. The van der Waals surface area contributed by atoms with Gasteiger partial charge in [-0.05, 0) is 23.3 Å². The normalized spacial score (nSPS) is 10.6. The van der Waals surface area contributed by atoms with Crippen molar-refractivity contribution in [2.45, 2.75) is 6.42 Å². The smallest absolute Gasteiger partial charge is 0.251 e. The van der Waals surface area contributed by atoms with Crippen molar-refractivity contribution in [3.05, 3.63) is 96.4 Å². The number of carbonyl (C=O) groups excluding carboxylic acids is 1. The molecule has 3 aromatic carbocycles. The van der Waals surface area contributed by atoms with E-state index in [2.05, 4.69) is 15.5 Å². The Kier molecular flexibility index (Phi) is 5.24. The van der Waals surface area contributed by atoms with E-state index in [0.29, 0.717) is 30.2 Å². The first-order chi connectivity index (χ1) is 13.8. The van der Waals surface area contributed by atoms with Crippen LogP contribution >= 0.6 is 0 Å². The number of nitrogens with one attached hydrogen (secondary N) is 1. The molecule has 1 amide bonds. The van der Waals surface area contributed by atoms with Crippen LogP contribution in [0, 0.1) is 0 Å². The van der Waals surface area contributed by atoms with Crippen molar-refractivity contribution in [1.29, 1.82) is 0 Å². The minimum atomic E-state index is -0.123. The quantitative estimate of drug-likeness (QED) is 0.548. The molecule has 28 heavy (non-hydrogen) atoms. The van der Waals surface area contributed by atoms with Crippen LogP contribution in [0.1, 0.15) is 16.2 Å². The van der Waals surface area contributed by atoms with Crippen molar-refractivity contribution in [3.8, 4) is 22.5 Å². The number of rotatable bonds is 6. The number of aromatic nitrogens is 2. The number of hydrogen-bond acceptors (Lipinski definition) is 4. The highest BCUT2D eigenvalue weighted by Gasteiger charge is 2.10. The van der Waals surface area contributed by atoms with Gasteiger partial charge in [0.05, 0.1) is 0 Å². The fourth-order valence-electron chi connectivity index (χ4n) is 2.89. The third kappa shape index (κ3) is 4.15. The van der Waals surface area contributed by atoms with E-state index >= 15 is 0 Å². The van der Waals surface area contributed by atoms with Gasteiger partial charge in [-0.15, -0.1) is 0 Å². The molecular weight excluding hydrogens is 350 g/mol. The van der Waals surface area contributed by atoms with E-state index < -0.39 is 0 Å². The molecule has 5 heteroatoms. The maximum absolute atomic E-state index is 12.3. The number of nitrogens with zero attached hydrogens (tertiary/aromatic N) is 2. The van der Waals surface area contributed by atoms with Crippen LogP contribution in [0.5, 0.6) is 0 Å². The summed E-state index contributed by atoms with van der Waals surface area (Å²) < 4.78 is 5.26. The first kappa shape index (κ1) is 17.7. The number of carbonyl (C=O) groups is 1. The average Bonchev–Trinajstić information content (AvgIpc) is 3.24. The third-order valence-corrected chi connectivity index (χ3v) is 4.38. The van der Waals surface area contributed by atoms with Crippen LogP contribution in [0.15, 0.2) is 89.5 Å². The summed E-state index contributed by atoms with van der Waals surface area (Å²) in [6, 6.07) is 27.3. The largest absolute Gasteiger partial charge is 0.352 e. The second-order valence-corrected chi connectivity index (χ2v) is 6.33. The molecule has 0 aliphatic heterocycles. The predicted octanol–water partition coefficient (Wildman–Crippen LogP) is 4.38. The van der Waals surface area contributed by atoms with Crippen molar-refractivity contribution in [1.82, 2.24) is 15.5 Å². The molecule has 0 spiro atoms. The van der Waals surface area contributed by atoms with Crippen LogP contribution in [0.2, 0.25) is 0 Å². The molecule has 4 aromatic rings. The van der Waals surface area contributed by atoms with Crippen LogP contribution in [0.4, 0.5) is 0 Å². The Morgan fingerprint density at radius 1 is 0.786 bits per heavy atom. The second kappa shape index (κ2) is 8.31. The molecule has 4 rings (SSSR count). The topological polar surface area (TPSA) is 68.0 Å². The molecule has 0 radical (unpaired) electrons. The van der Waals surface area contributed by atoms with E-state index in [0.717, 1.165) is 16.7 Å². The standard InChI is InChI=1S/C23H19N3O2/c27-23(20-13-11-18(12-14-20)17-7-3-1-4-8-17)24-16-15-21-25-22(26-28-21)19-9-5-2-6-10-19/h1-14H,15-16H2,(H,24,27). The Morgan fingerprint density at radius 3 is 2.07 bits per heavy atom. The van der Waals surface area contributed by atoms with Crippen LogP contribution in [0.3, 0.4) is 0 Å². The van der Waals surface area contributed by atoms with Gasteiger partial charge in [-0.1, -0.05) is 78.0 Å². The lowest BCUT2D eigenvalue weighted by Gasteiger charge is -2.05. The van der Waals surface area contributed by atoms with Gasteiger partial charge >= 0.3 is 0 Å². The number of hydrogen-bond donors (Lipinski definition) is 1. The van der Waals surface area contributed by atoms with Crippen LogP contribution in [-0.2, 0) is 6.42 Å². The number of amides is 1. The first-order valence-electron chi connectivity index (χ1n) is 9.11. The summed E-state index contributed by atoms with van der Waals surface area (Å²) in [5.41, 5.74) is 3.73. The minimum Gasteiger partial charge on any atom is -0.352 e. The zero-order valence-corrected chi connectivity index (χ0v) is 15.2. The van der Waals surface area contributed by atoms with Crippen LogP contribution in [-0.4, -0.2) is 22.6 Å². The molecule has 0 saturated carbocycles. The van der Waals surface area contributed by atoms with E-state index in [1.54, 1.807) is 0 Å². The Labute approximate surface area is 163 Å². The van der Waals surface area contributed by atoms with Crippen molar-refractivity contribution >= 4 is 5.91 Å². The maximum Gasteiger partial charge on any atom is 0.251 e. The molecule has 5 nitrogen and oxygen atoms in total. The Morgan fingerprint density at radius 2 is 1.39 bits per heavy atom. The highest BCUT2D eigenvalue weighted by atomic mass is 16.5. The monoisotopic (exact) mass is 369 g/mol. The minimum absolute atomic E-state index is 0.123. The molecule has 1 N–H and O–H groups in total. The van der Waals surface area contributed by atoms with E-state index in [-0.39, 0.29) is 5.91 Å². The van der Waals surface area contributed by atoms with Gasteiger partial charge in [0.25, 0.3) is 5.91 Å². The van der Waals surface area contributed by atoms with Gasteiger partial charge in [0, 0.05) is 24.1 Å². The summed E-state index contributed by atoms with van der Waals surface area (Å²) in [4.78, 5) is 16.7. The zero-order valence-electron chi connectivity index (χ0n) is 15.2. The van der Waals surface area contributed by atoms with Crippen molar-refractivity contribution in [3.63, 3.8) is 0 Å². The van der Waals surface area contributed by atoms with Crippen LogP contribution < -0.4 is 5.32 Å². The van der Waals surface area contributed by atoms with E-state index in [9.17, 15) is 4.79 Å². The van der Waals surface area contributed by atoms with Crippen molar-refractivity contribution < 1.29 is 9.32 Å². The fourth-order valence-corrected chi connectivity index (χ4v) is 2.89. The van der Waals surface area contributed by atoms with Gasteiger partial charge in [0.1, 0.15) is 0 Å². The van der Waals surface area contributed by atoms with E-state index in [4.69, 9.17) is 4.52 Å². The van der Waals surface area contributed by atoms with Gasteiger partial charge in [-0.2, -0.15) is 4.98 Å². The van der Waals surface area contributed by atoms with Gasteiger partial charge in [-0.3, -0.25) is 4.79 Å². The summed E-state index contributed by atoms with van der Waals surface area (Å²) in [5, 5.41) is 6.87. The highest BCUT2D eigenvalue weighted by molar-refractivity contribution is 5.94. The first-order valence-corrected chi connectivity index (χ1v) is 9.11. The lowest BCUT2D eigenvalue weighted by atomic mass is 10.0. The molecule has 0 bridgehead atoms. The Hall–Kier alpha value is -3.73. The van der Waals surface area contributed by atoms with Gasteiger partial charge in [-0.25, -0.2) is 0 Å². The molecule has 0 unspecified atom stereocenters. The average molecular weight is 369 g/mol. The predicted molar refractivity (Wildman–Crippen MR) is 108 cm³/mol. The number of benzene rings is 3. The zero-order chi connectivity index (χ0) is 19.2. The molecule has 0 aliphatic rings. The summed E-state index contributed by atoms with van der Waals surface area (Å²) in [6.07, 6.45) is 0.480. The lowest BCUT2D eigenvalue weighted by Crippen LogP contribution is -2.25. The van der Waals surface area contributed by atoms with E-state index in [1.165, 1.54) is 0 Å². The molecule has 0 aliphatic carbocycles. The second-order valence-electron chi connectivity index (χ2n) is 6.33. The fraction of sp³-hybridized carbons (Fsp3) is 0.0870. The van der Waals surface area contributed by atoms with E-state index in [1.807, 2.05) is 84.9 Å². The maximum atomic E-state index is 12.3. The molecule has 0 atom stereocenters. The summed E-state index contributed by atoms with van der Waals surface area (Å²) >= 11 is 0. The Balaban J connectivity index is 1.32. The van der Waals surface area contributed by atoms with Crippen molar-refractivity contribution in [2.75, 3.05) is 6.54 Å². The molecular formula is C23H19N3O2. The van der Waals surface area contributed by atoms with Gasteiger partial charge in [0.15, 0.2) is 0 Å². The molecule has 0 saturated heterocycles.